The molecule has 0 bridgehead atoms. The molecule has 1 amide bonds. The summed E-state index contributed by atoms with van der Waals surface area (Å²) in [6.07, 6.45) is 1.62. The molecule has 1 aromatic carbocycles. The molecule has 0 radical (unpaired) electrons. The number of carbonyl (C=O) groups is 2. The quantitative estimate of drug-likeness (QED) is 0.810. The lowest BCUT2D eigenvalue weighted by Crippen LogP contribution is -2.53. The van der Waals surface area contributed by atoms with Gasteiger partial charge < -0.3 is 14.7 Å². The molecule has 0 unspecified atom stereocenters. The lowest BCUT2D eigenvalue weighted by Gasteiger charge is -2.32. The SMILES string of the molecule is O=C(O)[C@@H]1COCCN1C(=O)Cc1ccc(-n2cnnn2)cc1. The molecule has 3 rings (SSSR count). The second kappa shape index (κ2) is 6.53. The zero-order chi connectivity index (χ0) is 16.2. The van der Waals surface area contributed by atoms with Gasteiger partial charge in [-0.3, -0.25) is 4.79 Å². The van der Waals surface area contributed by atoms with Gasteiger partial charge in [0.1, 0.15) is 6.33 Å². The first-order chi connectivity index (χ1) is 11.1. The lowest BCUT2D eigenvalue weighted by molar-refractivity contribution is -0.158. The molecule has 0 aliphatic carbocycles. The Hall–Kier alpha value is -2.81. The average Bonchev–Trinajstić information content (AvgIpc) is 3.10. The minimum Gasteiger partial charge on any atom is -0.480 e. The molecule has 1 aliphatic heterocycles. The van der Waals surface area contributed by atoms with E-state index in [1.807, 2.05) is 0 Å². The number of tetrazole rings is 1. The first-order valence-electron chi connectivity index (χ1n) is 7.07. The van der Waals surface area contributed by atoms with Crippen LogP contribution in [0.3, 0.4) is 0 Å². The fourth-order valence-corrected chi connectivity index (χ4v) is 2.43. The zero-order valence-corrected chi connectivity index (χ0v) is 12.2. The summed E-state index contributed by atoms with van der Waals surface area (Å²) in [6, 6.07) is 6.27. The van der Waals surface area contributed by atoms with Gasteiger partial charge in [0.25, 0.3) is 0 Å². The molecule has 1 atom stereocenters. The summed E-state index contributed by atoms with van der Waals surface area (Å²) >= 11 is 0. The summed E-state index contributed by atoms with van der Waals surface area (Å²) in [5, 5.41) is 20.1. The smallest absolute Gasteiger partial charge is 0.328 e. The van der Waals surface area contributed by atoms with E-state index in [0.29, 0.717) is 13.2 Å². The van der Waals surface area contributed by atoms with Crippen molar-refractivity contribution < 1.29 is 19.4 Å². The molecule has 1 aromatic heterocycles. The summed E-state index contributed by atoms with van der Waals surface area (Å²) in [6.45, 7) is 0.672. The predicted octanol–water partition coefficient (Wildman–Crippen LogP) is -0.483. The van der Waals surface area contributed by atoms with Crippen LogP contribution in [0.5, 0.6) is 0 Å². The van der Waals surface area contributed by atoms with Gasteiger partial charge in [-0.1, -0.05) is 12.1 Å². The van der Waals surface area contributed by atoms with E-state index in [2.05, 4.69) is 15.5 Å². The van der Waals surface area contributed by atoms with E-state index < -0.39 is 12.0 Å². The van der Waals surface area contributed by atoms with Crippen molar-refractivity contribution in [3.63, 3.8) is 0 Å². The highest BCUT2D eigenvalue weighted by Crippen LogP contribution is 2.13. The highest BCUT2D eigenvalue weighted by molar-refractivity contribution is 5.85. The highest BCUT2D eigenvalue weighted by atomic mass is 16.5. The highest BCUT2D eigenvalue weighted by Gasteiger charge is 2.32. The summed E-state index contributed by atoms with van der Waals surface area (Å²) in [5.74, 6) is -1.28. The molecule has 2 aromatic rings. The largest absolute Gasteiger partial charge is 0.480 e. The topological polar surface area (TPSA) is 110 Å². The number of aliphatic carboxylic acids is 1. The fraction of sp³-hybridized carbons (Fsp3) is 0.357. The number of carboxylic acid groups (broad SMARTS) is 1. The molecule has 2 heterocycles. The van der Waals surface area contributed by atoms with Gasteiger partial charge in [0, 0.05) is 6.54 Å². The first kappa shape index (κ1) is 15.1. The van der Waals surface area contributed by atoms with Gasteiger partial charge in [0.05, 0.1) is 25.3 Å². The monoisotopic (exact) mass is 317 g/mol. The van der Waals surface area contributed by atoms with Gasteiger partial charge in [-0.2, -0.15) is 0 Å². The van der Waals surface area contributed by atoms with Crippen LogP contribution in [0.4, 0.5) is 0 Å². The van der Waals surface area contributed by atoms with E-state index in [9.17, 15) is 14.7 Å². The normalized spacial score (nSPS) is 17.9. The second-order valence-electron chi connectivity index (χ2n) is 5.11. The maximum Gasteiger partial charge on any atom is 0.328 e. The lowest BCUT2D eigenvalue weighted by atomic mass is 10.1. The minimum atomic E-state index is -1.05. The van der Waals surface area contributed by atoms with E-state index >= 15 is 0 Å². The van der Waals surface area contributed by atoms with Crippen LogP contribution in [0, 0.1) is 0 Å². The van der Waals surface area contributed by atoms with Gasteiger partial charge in [0.2, 0.25) is 5.91 Å². The third-order valence-corrected chi connectivity index (χ3v) is 3.64. The van der Waals surface area contributed by atoms with Crippen molar-refractivity contribution in [3.8, 4) is 5.69 Å². The predicted molar refractivity (Wildman–Crippen MR) is 76.8 cm³/mol. The Kier molecular flexibility index (Phi) is 4.29. The van der Waals surface area contributed by atoms with E-state index in [0.717, 1.165) is 11.3 Å². The van der Waals surface area contributed by atoms with Gasteiger partial charge >= 0.3 is 5.97 Å². The van der Waals surface area contributed by atoms with Crippen molar-refractivity contribution in [2.75, 3.05) is 19.8 Å². The third-order valence-electron chi connectivity index (χ3n) is 3.64. The number of rotatable bonds is 4. The van der Waals surface area contributed by atoms with Crippen LogP contribution in [-0.4, -0.2) is 67.9 Å². The van der Waals surface area contributed by atoms with E-state index in [1.54, 1.807) is 24.3 Å². The minimum absolute atomic E-state index is 0.0271. The van der Waals surface area contributed by atoms with E-state index in [4.69, 9.17) is 4.74 Å². The standard InChI is InChI=1S/C14H15N5O4/c20-13(18-5-6-23-8-12(18)14(21)22)7-10-1-3-11(4-2-10)19-9-15-16-17-19/h1-4,9,12H,5-8H2,(H,21,22)/t12-/m0/s1. The number of carbonyl (C=O) groups excluding carboxylic acids is 1. The summed E-state index contributed by atoms with van der Waals surface area (Å²) in [4.78, 5) is 24.9. The zero-order valence-electron chi connectivity index (χ0n) is 12.2. The maximum absolute atomic E-state index is 12.4. The van der Waals surface area contributed by atoms with Crippen molar-refractivity contribution in [2.45, 2.75) is 12.5 Å². The van der Waals surface area contributed by atoms with Gasteiger partial charge in [0.15, 0.2) is 6.04 Å². The Morgan fingerprint density at radius 3 is 2.74 bits per heavy atom. The van der Waals surface area contributed by atoms with Gasteiger partial charge in [-0.25, -0.2) is 9.48 Å². The fourth-order valence-electron chi connectivity index (χ4n) is 2.43. The van der Waals surface area contributed by atoms with Crippen LogP contribution in [0.2, 0.25) is 0 Å². The molecule has 9 heteroatoms. The van der Waals surface area contributed by atoms with Crippen LogP contribution in [-0.2, 0) is 20.7 Å². The number of hydrogen-bond acceptors (Lipinski definition) is 6. The number of amides is 1. The van der Waals surface area contributed by atoms with Crippen molar-refractivity contribution in [3.05, 3.63) is 36.2 Å². The Morgan fingerprint density at radius 2 is 2.09 bits per heavy atom. The molecular formula is C14H15N5O4. The van der Waals surface area contributed by atoms with Crippen molar-refractivity contribution in [2.24, 2.45) is 0 Å². The number of hydrogen-bond donors (Lipinski definition) is 1. The summed E-state index contributed by atoms with van der Waals surface area (Å²) < 4.78 is 6.64. The number of carboxylic acids is 1. The average molecular weight is 317 g/mol. The molecule has 1 fully saturated rings. The molecule has 1 saturated heterocycles. The van der Waals surface area contributed by atoms with Crippen molar-refractivity contribution >= 4 is 11.9 Å². The number of nitrogens with zero attached hydrogens (tertiary/aromatic N) is 5. The molecular weight excluding hydrogens is 302 g/mol. The van der Waals surface area contributed by atoms with Crippen molar-refractivity contribution in [1.29, 1.82) is 0 Å². The number of morpholine rings is 1. The van der Waals surface area contributed by atoms with Crippen LogP contribution in [0.15, 0.2) is 30.6 Å². The number of aromatic nitrogens is 4. The molecule has 120 valence electrons. The van der Waals surface area contributed by atoms with E-state index in [-0.39, 0.29) is 18.9 Å². The molecule has 9 nitrogen and oxygen atoms in total. The summed E-state index contributed by atoms with van der Waals surface area (Å²) in [7, 11) is 0. The van der Waals surface area contributed by atoms with Crippen LogP contribution >= 0.6 is 0 Å². The second-order valence-corrected chi connectivity index (χ2v) is 5.11. The van der Waals surface area contributed by atoms with Crippen LogP contribution in [0.1, 0.15) is 5.56 Å². The Morgan fingerprint density at radius 1 is 1.30 bits per heavy atom. The number of ether oxygens (including phenoxy) is 1. The van der Waals surface area contributed by atoms with Gasteiger partial charge in [-0.05, 0) is 28.1 Å². The molecule has 23 heavy (non-hydrogen) atoms. The Bertz CT molecular complexity index is 686. The van der Waals surface area contributed by atoms with E-state index in [1.165, 1.54) is 15.9 Å². The third kappa shape index (κ3) is 3.34. The number of benzene rings is 1. The van der Waals surface area contributed by atoms with Gasteiger partial charge in [-0.15, -0.1) is 5.10 Å². The molecule has 0 spiro atoms. The molecule has 0 saturated carbocycles. The van der Waals surface area contributed by atoms with Crippen molar-refractivity contribution in [1.82, 2.24) is 25.1 Å². The maximum atomic E-state index is 12.4. The van der Waals surface area contributed by atoms with Crippen LogP contribution < -0.4 is 0 Å². The first-order valence-corrected chi connectivity index (χ1v) is 7.07. The molecule has 1 aliphatic rings. The Labute approximate surface area is 131 Å². The molecule has 1 N–H and O–H groups in total. The summed E-state index contributed by atoms with van der Waals surface area (Å²) in [5.41, 5.74) is 1.57. The van der Waals surface area contributed by atoms with Crippen LogP contribution in [0.25, 0.3) is 5.69 Å². The Balaban J connectivity index is 1.68.